The van der Waals surface area contributed by atoms with Gasteiger partial charge in [0.15, 0.2) is 6.29 Å². The fraction of sp³-hybridized carbons (Fsp3) is 0.591. The van der Waals surface area contributed by atoms with Gasteiger partial charge in [0, 0.05) is 5.92 Å². The maximum atomic E-state index is 12.7. The molecule has 0 amide bonds. The minimum Gasteiger partial charge on any atom is -0.472 e. The highest BCUT2D eigenvalue weighted by atomic mass is 16.8. The number of aliphatic hydroxyl groups is 5. The molecule has 180 valence electrons. The van der Waals surface area contributed by atoms with Crippen LogP contribution in [0.1, 0.15) is 10.4 Å². The molecule has 3 heterocycles. The third-order valence-electron chi connectivity index (χ3n) is 6.85. The van der Waals surface area contributed by atoms with Crippen LogP contribution in [0.5, 0.6) is 0 Å². The Kier molecular flexibility index (Phi) is 5.91. The van der Waals surface area contributed by atoms with Crippen LogP contribution in [0.3, 0.4) is 0 Å². The van der Waals surface area contributed by atoms with Gasteiger partial charge < -0.3 is 49.2 Å². The van der Waals surface area contributed by atoms with E-state index < -0.39 is 79.2 Å². The Morgan fingerprint density at radius 3 is 2.48 bits per heavy atom. The van der Waals surface area contributed by atoms with E-state index in [1.54, 1.807) is 36.4 Å². The number of ether oxygens (including phenoxy) is 5. The maximum absolute atomic E-state index is 12.7. The van der Waals surface area contributed by atoms with Crippen LogP contribution in [0.25, 0.3) is 0 Å². The normalized spacial score (nSPS) is 45.6. The van der Waals surface area contributed by atoms with Crippen molar-refractivity contribution in [2.24, 2.45) is 11.8 Å². The summed E-state index contributed by atoms with van der Waals surface area (Å²) in [5.74, 6) is -1.58. The van der Waals surface area contributed by atoms with Crippen LogP contribution in [-0.2, 0) is 23.7 Å². The highest BCUT2D eigenvalue weighted by Crippen LogP contribution is 2.60. The summed E-state index contributed by atoms with van der Waals surface area (Å²) < 4.78 is 28.4. The molecule has 1 saturated carbocycles. The molecule has 0 radical (unpaired) electrons. The number of benzene rings is 1. The number of hydrogen-bond donors (Lipinski definition) is 5. The predicted molar refractivity (Wildman–Crippen MR) is 106 cm³/mol. The second-order valence-corrected chi connectivity index (χ2v) is 8.66. The van der Waals surface area contributed by atoms with Gasteiger partial charge in [-0.2, -0.15) is 0 Å². The van der Waals surface area contributed by atoms with Gasteiger partial charge in [-0.05, 0) is 18.2 Å². The standard InChI is InChI=1S/C22H26O11/c23-8-12-14(25)15(26)16(27)21(30-12)32-20-13-11(6-7-29-20)17(18-22(13,9-24)33-18)31-19(28)10-4-2-1-3-5-10/h1-7,11-18,20-21,23-27H,8-9H2/t11-,12-,13+,14-,15+,16-,17-,18-,20-,21-,22+/m0/s1. The quantitative estimate of drug-likeness (QED) is 0.239. The summed E-state index contributed by atoms with van der Waals surface area (Å²) in [5.41, 5.74) is -0.711. The lowest BCUT2D eigenvalue weighted by atomic mass is 9.85. The number of fused-ring (bicyclic) bond motifs is 3. The molecule has 3 aliphatic heterocycles. The molecule has 1 aliphatic carbocycles. The molecule has 11 heteroatoms. The molecule has 0 aromatic heterocycles. The lowest BCUT2D eigenvalue weighted by Crippen LogP contribution is -2.60. The van der Waals surface area contributed by atoms with Crippen LogP contribution in [0.15, 0.2) is 42.7 Å². The SMILES string of the molecule is O=C(O[C@H]1[C@H]2C=CO[C@@H](O[C@@H]3O[C@@H](CO)[C@H](O)[C@@H](O)[C@@H]3O)[C@@H]2[C@@]2(CO)O[C@@H]12)c1ccccc1. The Bertz CT molecular complexity index is 892. The van der Waals surface area contributed by atoms with Crippen molar-refractivity contribution in [2.75, 3.05) is 13.2 Å². The summed E-state index contributed by atoms with van der Waals surface area (Å²) in [7, 11) is 0. The molecule has 33 heavy (non-hydrogen) atoms. The van der Waals surface area contributed by atoms with Gasteiger partial charge in [0.2, 0.25) is 6.29 Å². The first kappa shape index (κ1) is 22.7. The van der Waals surface area contributed by atoms with E-state index in [2.05, 4.69) is 0 Å². The Hall–Kier alpha value is -2.09. The van der Waals surface area contributed by atoms with Crippen LogP contribution in [0.4, 0.5) is 0 Å². The molecule has 5 rings (SSSR count). The number of carbonyl (C=O) groups is 1. The third kappa shape index (κ3) is 3.65. The number of rotatable bonds is 6. The molecule has 1 aromatic carbocycles. The predicted octanol–water partition coefficient (Wildman–Crippen LogP) is -1.73. The molecule has 2 saturated heterocycles. The van der Waals surface area contributed by atoms with Crippen LogP contribution < -0.4 is 0 Å². The number of esters is 1. The van der Waals surface area contributed by atoms with Crippen molar-refractivity contribution >= 4 is 5.97 Å². The molecule has 5 N–H and O–H groups in total. The minimum atomic E-state index is -1.62. The van der Waals surface area contributed by atoms with Gasteiger partial charge in [-0.1, -0.05) is 18.2 Å². The average molecular weight is 466 g/mol. The fourth-order valence-corrected chi connectivity index (χ4v) is 5.05. The first-order valence-electron chi connectivity index (χ1n) is 10.7. The molecule has 11 nitrogen and oxygen atoms in total. The summed E-state index contributed by atoms with van der Waals surface area (Å²) in [4.78, 5) is 12.7. The minimum absolute atomic E-state index is 0.376. The first-order valence-corrected chi connectivity index (χ1v) is 10.7. The summed E-state index contributed by atoms with van der Waals surface area (Å²) in [6.45, 7) is -0.991. The second kappa shape index (κ2) is 8.60. The van der Waals surface area contributed by atoms with Gasteiger partial charge in [-0.3, -0.25) is 0 Å². The van der Waals surface area contributed by atoms with Crippen molar-refractivity contribution in [3.63, 3.8) is 0 Å². The van der Waals surface area contributed by atoms with Gasteiger partial charge in [-0.15, -0.1) is 0 Å². The van der Waals surface area contributed by atoms with Crippen molar-refractivity contribution in [2.45, 2.75) is 54.8 Å². The molecule has 1 aromatic rings. The summed E-state index contributed by atoms with van der Waals surface area (Å²) >= 11 is 0. The monoisotopic (exact) mass is 466 g/mol. The molecule has 3 fully saturated rings. The lowest BCUT2D eigenvalue weighted by Gasteiger charge is -2.43. The van der Waals surface area contributed by atoms with E-state index in [4.69, 9.17) is 23.7 Å². The summed E-state index contributed by atoms with van der Waals surface area (Å²) in [5, 5.41) is 49.9. The van der Waals surface area contributed by atoms with Crippen molar-refractivity contribution in [3.05, 3.63) is 48.2 Å². The fourth-order valence-electron chi connectivity index (χ4n) is 5.05. The highest BCUT2D eigenvalue weighted by Gasteiger charge is 2.77. The first-order chi connectivity index (χ1) is 15.9. The lowest BCUT2D eigenvalue weighted by molar-refractivity contribution is -0.344. The Morgan fingerprint density at radius 1 is 1.03 bits per heavy atom. The number of aliphatic hydroxyl groups excluding tert-OH is 5. The maximum Gasteiger partial charge on any atom is 0.338 e. The topological polar surface area (TPSA) is 168 Å². The number of epoxide rings is 1. The molecule has 4 aliphatic rings. The summed E-state index contributed by atoms with van der Waals surface area (Å²) in [6, 6.07) is 8.49. The van der Waals surface area contributed by atoms with Crippen molar-refractivity contribution < 1.29 is 54.0 Å². The van der Waals surface area contributed by atoms with E-state index in [1.807, 2.05) is 0 Å². The highest BCUT2D eigenvalue weighted by molar-refractivity contribution is 5.89. The van der Waals surface area contributed by atoms with Crippen LogP contribution >= 0.6 is 0 Å². The van der Waals surface area contributed by atoms with E-state index in [0.717, 1.165) is 0 Å². The summed E-state index contributed by atoms with van der Waals surface area (Å²) in [6.07, 6.45) is -6.67. The van der Waals surface area contributed by atoms with E-state index >= 15 is 0 Å². The Morgan fingerprint density at radius 2 is 1.79 bits per heavy atom. The molecule has 0 unspecified atom stereocenters. The zero-order valence-electron chi connectivity index (χ0n) is 17.4. The Labute approximate surface area is 188 Å². The zero-order chi connectivity index (χ0) is 23.3. The third-order valence-corrected chi connectivity index (χ3v) is 6.85. The van der Waals surface area contributed by atoms with Crippen molar-refractivity contribution in [1.82, 2.24) is 0 Å². The zero-order valence-corrected chi connectivity index (χ0v) is 17.4. The smallest absolute Gasteiger partial charge is 0.338 e. The van der Waals surface area contributed by atoms with Crippen LogP contribution in [0.2, 0.25) is 0 Å². The van der Waals surface area contributed by atoms with Gasteiger partial charge in [0.1, 0.15) is 42.2 Å². The molecular formula is C22H26O11. The van der Waals surface area contributed by atoms with Crippen molar-refractivity contribution in [3.8, 4) is 0 Å². The average Bonchev–Trinajstić information content (AvgIpc) is 3.52. The molecule has 0 bridgehead atoms. The van der Waals surface area contributed by atoms with E-state index in [9.17, 15) is 30.3 Å². The van der Waals surface area contributed by atoms with Crippen molar-refractivity contribution in [1.29, 1.82) is 0 Å². The second-order valence-electron chi connectivity index (χ2n) is 8.66. The molecule has 0 spiro atoms. The number of carbonyl (C=O) groups excluding carboxylic acids is 1. The van der Waals surface area contributed by atoms with E-state index in [0.29, 0.717) is 5.56 Å². The van der Waals surface area contributed by atoms with Gasteiger partial charge in [0.25, 0.3) is 0 Å². The Balaban J connectivity index is 1.35. The largest absolute Gasteiger partial charge is 0.472 e. The van der Waals surface area contributed by atoms with E-state index in [-0.39, 0.29) is 6.61 Å². The van der Waals surface area contributed by atoms with Crippen LogP contribution in [-0.4, -0.2) is 99.5 Å². The van der Waals surface area contributed by atoms with Crippen LogP contribution in [0, 0.1) is 11.8 Å². The number of hydrogen-bond acceptors (Lipinski definition) is 11. The van der Waals surface area contributed by atoms with E-state index in [1.165, 1.54) is 6.26 Å². The van der Waals surface area contributed by atoms with Gasteiger partial charge in [-0.25, -0.2) is 4.79 Å². The van der Waals surface area contributed by atoms with Gasteiger partial charge in [0.05, 0.1) is 31.0 Å². The van der Waals surface area contributed by atoms with Gasteiger partial charge >= 0.3 is 5.97 Å². The molecular weight excluding hydrogens is 440 g/mol. The molecule has 11 atom stereocenters.